The Hall–Kier alpha value is -3.89. The van der Waals surface area contributed by atoms with Gasteiger partial charge in [0.05, 0.1) is 5.69 Å². The molecule has 4 aromatic rings. The molecule has 0 fully saturated rings. The first kappa shape index (κ1) is 22.3. The minimum atomic E-state index is -0.273. The Kier molecular flexibility index (Phi) is 6.86. The summed E-state index contributed by atoms with van der Waals surface area (Å²) in [6.45, 7) is 0. The number of ketones is 1. The predicted octanol–water partition coefficient (Wildman–Crippen LogP) is 6.58. The molecule has 0 aliphatic rings. The molecule has 0 radical (unpaired) electrons. The number of rotatable bonds is 7. The van der Waals surface area contributed by atoms with E-state index in [0.29, 0.717) is 16.8 Å². The Bertz CT molecular complexity index is 1270. The summed E-state index contributed by atoms with van der Waals surface area (Å²) in [5.41, 5.74) is 3.46. The summed E-state index contributed by atoms with van der Waals surface area (Å²) in [5.74, 6) is 0.921. The fourth-order valence-corrected chi connectivity index (χ4v) is 3.69. The zero-order chi connectivity index (χ0) is 23.2. The minimum Gasteiger partial charge on any atom is -0.457 e. The third kappa shape index (κ3) is 5.13. The van der Waals surface area contributed by atoms with Crippen LogP contribution in [0.25, 0.3) is 11.1 Å². The highest BCUT2D eigenvalue weighted by atomic mass is 35.5. The molecule has 0 saturated heterocycles. The van der Waals surface area contributed by atoms with E-state index in [9.17, 15) is 9.59 Å². The number of para-hydroxylation sites is 2. The second kappa shape index (κ2) is 10.2. The Labute approximate surface area is 198 Å². The summed E-state index contributed by atoms with van der Waals surface area (Å²) in [4.78, 5) is 26.6. The van der Waals surface area contributed by atoms with E-state index in [1.807, 2.05) is 66.7 Å². The fraction of sp³-hybridized carbons (Fsp3) is 0.0714. The number of carbonyl (C=O) groups is 2. The van der Waals surface area contributed by atoms with Gasteiger partial charge in [0.1, 0.15) is 17.4 Å². The summed E-state index contributed by atoms with van der Waals surface area (Å²) in [6, 6.07) is 31.8. The second-order valence-corrected chi connectivity index (χ2v) is 7.72. The van der Waals surface area contributed by atoms with Crippen LogP contribution >= 0.6 is 11.6 Å². The molecular weight excluding hydrogens is 434 g/mol. The molecule has 0 aliphatic heterocycles. The molecule has 33 heavy (non-hydrogen) atoms. The van der Waals surface area contributed by atoms with E-state index in [1.54, 1.807) is 43.4 Å². The van der Waals surface area contributed by atoms with Crippen molar-refractivity contribution in [1.29, 1.82) is 0 Å². The van der Waals surface area contributed by atoms with Crippen molar-refractivity contribution < 1.29 is 14.3 Å². The molecule has 0 aliphatic carbocycles. The first-order chi connectivity index (χ1) is 16.1. The molecule has 0 bridgehead atoms. The smallest absolute Gasteiger partial charge is 0.241 e. The number of anilines is 1. The lowest BCUT2D eigenvalue weighted by atomic mass is 9.98. The van der Waals surface area contributed by atoms with Crippen LogP contribution < -0.4 is 9.64 Å². The summed E-state index contributed by atoms with van der Waals surface area (Å²) in [7, 11) is 1.62. The van der Waals surface area contributed by atoms with Crippen molar-refractivity contribution in [2.75, 3.05) is 17.8 Å². The number of ether oxygens (including phenoxy) is 1. The molecule has 4 rings (SSSR count). The van der Waals surface area contributed by atoms with Gasteiger partial charge in [-0.05, 0) is 47.5 Å². The standard InChI is InChI=1S/C28H22ClNO3/c1-30(27(31)19-29)26-13-6-5-12-25(26)28(32)21-16-14-20(15-17-21)22-8-7-11-24(18-22)33-23-9-3-2-4-10-23/h2-18H,19H2,1H3. The maximum Gasteiger partial charge on any atom is 0.241 e. The van der Waals surface area contributed by atoms with Crippen LogP contribution in [0.5, 0.6) is 11.5 Å². The molecule has 0 atom stereocenters. The number of hydrogen-bond acceptors (Lipinski definition) is 3. The molecule has 1 amide bonds. The van der Waals surface area contributed by atoms with Crippen LogP contribution in [0.1, 0.15) is 15.9 Å². The van der Waals surface area contributed by atoms with Gasteiger partial charge in [0.15, 0.2) is 5.78 Å². The van der Waals surface area contributed by atoms with Crippen molar-refractivity contribution in [3.05, 3.63) is 114 Å². The number of benzene rings is 4. The quantitative estimate of drug-likeness (QED) is 0.233. The van der Waals surface area contributed by atoms with Gasteiger partial charge in [0.25, 0.3) is 0 Å². The molecule has 0 N–H and O–H groups in total. The van der Waals surface area contributed by atoms with Crippen LogP contribution in [0.2, 0.25) is 0 Å². The van der Waals surface area contributed by atoms with E-state index in [0.717, 1.165) is 22.6 Å². The first-order valence-corrected chi connectivity index (χ1v) is 11.0. The van der Waals surface area contributed by atoms with E-state index in [2.05, 4.69) is 0 Å². The first-order valence-electron chi connectivity index (χ1n) is 10.5. The Balaban J connectivity index is 1.57. The Morgan fingerprint density at radius 2 is 1.42 bits per heavy atom. The maximum absolute atomic E-state index is 13.2. The summed E-state index contributed by atoms with van der Waals surface area (Å²) in [6.07, 6.45) is 0. The van der Waals surface area contributed by atoms with Crippen molar-refractivity contribution in [3.63, 3.8) is 0 Å². The Morgan fingerprint density at radius 1 is 0.758 bits per heavy atom. The molecule has 0 heterocycles. The Morgan fingerprint density at radius 3 is 2.15 bits per heavy atom. The molecule has 5 heteroatoms. The van der Waals surface area contributed by atoms with E-state index >= 15 is 0 Å². The number of hydrogen-bond donors (Lipinski definition) is 0. The summed E-state index contributed by atoms with van der Waals surface area (Å²) >= 11 is 5.69. The van der Waals surface area contributed by atoms with Crippen molar-refractivity contribution >= 4 is 29.0 Å². The van der Waals surface area contributed by atoms with Gasteiger partial charge >= 0.3 is 0 Å². The highest BCUT2D eigenvalue weighted by molar-refractivity contribution is 6.29. The van der Waals surface area contributed by atoms with Gasteiger partial charge in [-0.1, -0.05) is 66.7 Å². The van der Waals surface area contributed by atoms with Crippen LogP contribution in [-0.2, 0) is 4.79 Å². The highest BCUT2D eigenvalue weighted by Gasteiger charge is 2.19. The molecule has 4 nitrogen and oxygen atoms in total. The average Bonchev–Trinajstić information content (AvgIpc) is 2.88. The van der Waals surface area contributed by atoms with E-state index in [-0.39, 0.29) is 17.6 Å². The van der Waals surface area contributed by atoms with Gasteiger partial charge in [-0.2, -0.15) is 0 Å². The van der Waals surface area contributed by atoms with Gasteiger partial charge < -0.3 is 9.64 Å². The van der Waals surface area contributed by atoms with Crippen LogP contribution in [0.3, 0.4) is 0 Å². The zero-order valence-corrected chi connectivity index (χ0v) is 18.8. The monoisotopic (exact) mass is 455 g/mol. The van der Waals surface area contributed by atoms with Gasteiger partial charge in [-0.3, -0.25) is 9.59 Å². The number of carbonyl (C=O) groups excluding carboxylic acids is 2. The number of nitrogens with zero attached hydrogens (tertiary/aromatic N) is 1. The van der Waals surface area contributed by atoms with Gasteiger partial charge in [0.2, 0.25) is 5.91 Å². The third-order valence-corrected chi connectivity index (χ3v) is 5.52. The van der Waals surface area contributed by atoms with Crippen molar-refractivity contribution in [1.82, 2.24) is 0 Å². The number of amides is 1. The van der Waals surface area contributed by atoms with Gasteiger partial charge in [-0.25, -0.2) is 0 Å². The molecule has 0 spiro atoms. The maximum atomic E-state index is 13.2. The zero-order valence-electron chi connectivity index (χ0n) is 18.1. The van der Waals surface area contributed by atoms with Crippen molar-refractivity contribution in [2.45, 2.75) is 0 Å². The molecule has 0 aromatic heterocycles. The summed E-state index contributed by atoms with van der Waals surface area (Å²) in [5, 5.41) is 0. The fourth-order valence-electron chi connectivity index (χ4n) is 3.52. The lowest BCUT2D eigenvalue weighted by Crippen LogP contribution is -2.28. The largest absolute Gasteiger partial charge is 0.457 e. The van der Waals surface area contributed by atoms with E-state index in [1.165, 1.54) is 4.90 Å². The van der Waals surface area contributed by atoms with Crippen LogP contribution in [-0.4, -0.2) is 24.6 Å². The van der Waals surface area contributed by atoms with E-state index < -0.39 is 0 Å². The number of halogens is 1. The van der Waals surface area contributed by atoms with Crippen LogP contribution in [0.4, 0.5) is 5.69 Å². The van der Waals surface area contributed by atoms with Crippen molar-refractivity contribution in [2.24, 2.45) is 0 Å². The van der Waals surface area contributed by atoms with E-state index in [4.69, 9.17) is 16.3 Å². The molecular formula is C28H22ClNO3. The lowest BCUT2D eigenvalue weighted by molar-refractivity contribution is -0.116. The molecule has 0 unspecified atom stereocenters. The molecule has 4 aromatic carbocycles. The van der Waals surface area contributed by atoms with Crippen LogP contribution in [0, 0.1) is 0 Å². The van der Waals surface area contributed by atoms with Crippen LogP contribution in [0.15, 0.2) is 103 Å². The topological polar surface area (TPSA) is 46.6 Å². The number of alkyl halides is 1. The summed E-state index contributed by atoms with van der Waals surface area (Å²) < 4.78 is 5.93. The normalized spacial score (nSPS) is 10.5. The molecule has 0 saturated carbocycles. The third-order valence-electron chi connectivity index (χ3n) is 5.29. The second-order valence-electron chi connectivity index (χ2n) is 7.45. The minimum absolute atomic E-state index is 0.152. The SMILES string of the molecule is CN(C(=O)CCl)c1ccccc1C(=O)c1ccc(-c2cccc(Oc3ccccc3)c2)cc1. The highest BCUT2D eigenvalue weighted by Crippen LogP contribution is 2.29. The predicted molar refractivity (Wildman–Crippen MR) is 132 cm³/mol. The van der Waals surface area contributed by atoms with Gasteiger partial charge in [-0.15, -0.1) is 11.6 Å². The average molecular weight is 456 g/mol. The lowest BCUT2D eigenvalue weighted by Gasteiger charge is -2.19. The van der Waals surface area contributed by atoms with Crippen molar-refractivity contribution in [3.8, 4) is 22.6 Å². The molecule has 164 valence electrons. The van der Waals surface area contributed by atoms with Gasteiger partial charge in [0, 0.05) is 18.2 Å².